The van der Waals surface area contributed by atoms with Gasteiger partial charge in [-0.15, -0.1) is 0 Å². The van der Waals surface area contributed by atoms with Crippen LogP contribution in [0.25, 0.3) is 22.2 Å². The molecule has 2 N–H and O–H groups in total. The molecule has 4 rings (SSSR count). The minimum Gasteiger partial charge on any atom is -0.478 e. The second-order valence-electron chi connectivity index (χ2n) is 6.42. The molecule has 1 heterocycles. The number of hydrogen-bond donors (Lipinski definition) is 2. The molecule has 0 atom stereocenters. The molecular formula is C20H20N2O2. The molecule has 1 fully saturated rings. The molecule has 0 saturated heterocycles. The normalized spacial score (nSPS) is 15.0. The van der Waals surface area contributed by atoms with E-state index in [1.54, 1.807) is 12.1 Å². The maximum Gasteiger partial charge on any atom is 0.335 e. The van der Waals surface area contributed by atoms with E-state index in [-0.39, 0.29) is 0 Å². The SMILES string of the molecule is O=C(O)c1ccc2c(c1)cc(-c1ccccc1)n2NC1CCCC1. The molecule has 0 amide bonds. The summed E-state index contributed by atoms with van der Waals surface area (Å²) >= 11 is 0. The van der Waals surface area contributed by atoms with E-state index >= 15 is 0 Å². The van der Waals surface area contributed by atoms with E-state index in [4.69, 9.17) is 0 Å². The van der Waals surface area contributed by atoms with Crippen molar-refractivity contribution in [3.63, 3.8) is 0 Å². The molecule has 3 aromatic rings. The van der Waals surface area contributed by atoms with Crippen molar-refractivity contribution in [3.05, 3.63) is 60.2 Å². The number of fused-ring (bicyclic) bond motifs is 1. The Morgan fingerprint density at radius 3 is 2.50 bits per heavy atom. The van der Waals surface area contributed by atoms with E-state index in [9.17, 15) is 9.90 Å². The van der Waals surface area contributed by atoms with Crippen LogP contribution in [-0.4, -0.2) is 21.8 Å². The van der Waals surface area contributed by atoms with E-state index < -0.39 is 5.97 Å². The third-order valence-corrected chi connectivity index (χ3v) is 4.78. The highest BCUT2D eigenvalue weighted by molar-refractivity contribution is 5.95. The molecule has 24 heavy (non-hydrogen) atoms. The van der Waals surface area contributed by atoms with Crippen LogP contribution in [-0.2, 0) is 0 Å². The minimum absolute atomic E-state index is 0.320. The minimum atomic E-state index is -0.894. The molecule has 2 aromatic carbocycles. The van der Waals surface area contributed by atoms with Gasteiger partial charge < -0.3 is 10.5 Å². The molecule has 4 heteroatoms. The molecule has 1 aliphatic carbocycles. The Hall–Kier alpha value is -2.75. The fourth-order valence-electron chi connectivity index (χ4n) is 3.55. The highest BCUT2D eigenvalue weighted by Gasteiger charge is 2.18. The zero-order chi connectivity index (χ0) is 16.5. The lowest BCUT2D eigenvalue weighted by molar-refractivity contribution is 0.0697. The van der Waals surface area contributed by atoms with Crippen molar-refractivity contribution in [3.8, 4) is 11.3 Å². The average Bonchev–Trinajstić information content (AvgIpc) is 3.24. The van der Waals surface area contributed by atoms with Gasteiger partial charge in [-0.1, -0.05) is 43.2 Å². The summed E-state index contributed by atoms with van der Waals surface area (Å²) in [6, 6.07) is 18.1. The first kappa shape index (κ1) is 14.8. The van der Waals surface area contributed by atoms with Crippen LogP contribution >= 0.6 is 0 Å². The molecular weight excluding hydrogens is 300 g/mol. The Morgan fingerprint density at radius 2 is 1.79 bits per heavy atom. The van der Waals surface area contributed by atoms with Crippen LogP contribution in [0.4, 0.5) is 0 Å². The third-order valence-electron chi connectivity index (χ3n) is 4.78. The van der Waals surface area contributed by atoms with Crippen LogP contribution in [0.5, 0.6) is 0 Å². The van der Waals surface area contributed by atoms with Crippen LogP contribution in [0.3, 0.4) is 0 Å². The quantitative estimate of drug-likeness (QED) is 0.744. The highest BCUT2D eigenvalue weighted by Crippen LogP contribution is 2.29. The molecule has 1 saturated carbocycles. The second-order valence-corrected chi connectivity index (χ2v) is 6.42. The van der Waals surface area contributed by atoms with Crippen LogP contribution in [0, 0.1) is 0 Å². The number of carbonyl (C=O) groups is 1. The fourth-order valence-corrected chi connectivity index (χ4v) is 3.55. The summed E-state index contributed by atoms with van der Waals surface area (Å²) in [7, 11) is 0. The molecule has 0 radical (unpaired) electrons. The first-order chi connectivity index (χ1) is 11.7. The van der Waals surface area contributed by atoms with Crippen LogP contribution in [0.15, 0.2) is 54.6 Å². The summed E-state index contributed by atoms with van der Waals surface area (Å²) in [5, 5.41) is 10.2. The molecule has 1 aromatic heterocycles. The number of nitrogens with zero attached hydrogens (tertiary/aromatic N) is 1. The van der Waals surface area contributed by atoms with Crippen molar-refractivity contribution in [1.29, 1.82) is 0 Å². The van der Waals surface area contributed by atoms with Crippen molar-refractivity contribution in [2.24, 2.45) is 0 Å². The van der Waals surface area contributed by atoms with Gasteiger partial charge in [0.2, 0.25) is 0 Å². The lowest BCUT2D eigenvalue weighted by Crippen LogP contribution is -2.25. The standard InChI is InChI=1S/C20H20N2O2/c23-20(24)15-10-11-18-16(12-15)13-19(14-6-2-1-3-7-14)22(18)21-17-8-4-5-9-17/h1-3,6-7,10-13,17,21H,4-5,8-9H2,(H,23,24). The largest absolute Gasteiger partial charge is 0.478 e. The highest BCUT2D eigenvalue weighted by atomic mass is 16.4. The Kier molecular flexibility index (Phi) is 3.73. The molecule has 0 unspecified atom stereocenters. The van der Waals surface area contributed by atoms with Crippen molar-refractivity contribution >= 4 is 16.9 Å². The van der Waals surface area contributed by atoms with Gasteiger partial charge >= 0.3 is 5.97 Å². The predicted octanol–water partition coefficient (Wildman–Crippen LogP) is 4.49. The van der Waals surface area contributed by atoms with E-state index in [1.807, 2.05) is 24.3 Å². The van der Waals surface area contributed by atoms with Gasteiger partial charge in [0.25, 0.3) is 0 Å². The zero-order valence-corrected chi connectivity index (χ0v) is 13.4. The number of carboxylic acids is 1. The smallest absolute Gasteiger partial charge is 0.335 e. The van der Waals surface area contributed by atoms with Gasteiger partial charge in [-0.05, 0) is 37.1 Å². The number of nitrogens with one attached hydrogen (secondary N) is 1. The fraction of sp³-hybridized carbons (Fsp3) is 0.250. The van der Waals surface area contributed by atoms with Crippen molar-refractivity contribution < 1.29 is 9.90 Å². The topological polar surface area (TPSA) is 54.3 Å². The van der Waals surface area contributed by atoms with Gasteiger partial charge in [0, 0.05) is 17.0 Å². The Bertz CT molecular complexity index is 877. The zero-order valence-electron chi connectivity index (χ0n) is 13.4. The lowest BCUT2D eigenvalue weighted by Gasteiger charge is -2.19. The molecule has 122 valence electrons. The number of carboxylic acid groups (broad SMARTS) is 1. The summed E-state index contributed by atoms with van der Waals surface area (Å²) in [4.78, 5) is 11.3. The van der Waals surface area contributed by atoms with Gasteiger partial charge in [-0.25, -0.2) is 4.79 Å². The van der Waals surface area contributed by atoms with E-state index in [0.29, 0.717) is 11.6 Å². The number of aromatic carboxylic acids is 1. The Morgan fingerprint density at radius 1 is 1.04 bits per heavy atom. The Labute approximate surface area is 140 Å². The van der Waals surface area contributed by atoms with Crippen molar-refractivity contribution in [1.82, 2.24) is 4.68 Å². The predicted molar refractivity (Wildman–Crippen MR) is 96.0 cm³/mol. The molecule has 4 nitrogen and oxygen atoms in total. The first-order valence-corrected chi connectivity index (χ1v) is 8.43. The van der Waals surface area contributed by atoms with Gasteiger partial charge in [-0.2, -0.15) is 0 Å². The Balaban J connectivity index is 1.86. The monoisotopic (exact) mass is 320 g/mol. The van der Waals surface area contributed by atoms with Crippen molar-refractivity contribution in [2.75, 3.05) is 5.43 Å². The van der Waals surface area contributed by atoms with Crippen LogP contribution in [0.2, 0.25) is 0 Å². The molecule has 0 spiro atoms. The second kappa shape index (κ2) is 6.04. The maximum absolute atomic E-state index is 11.3. The molecule has 0 bridgehead atoms. The average molecular weight is 320 g/mol. The van der Waals surface area contributed by atoms with E-state index in [2.05, 4.69) is 28.3 Å². The van der Waals surface area contributed by atoms with Gasteiger partial charge in [0.1, 0.15) is 0 Å². The summed E-state index contributed by atoms with van der Waals surface area (Å²) in [5.74, 6) is -0.894. The molecule has 1 aliphatic rings. The van der Waals surface area contributed by atoms with Gasteiger partial charge in [0.05, 0.1) is 16.8 Å². The van der Waals surface area contributed by atoms with Crippen LogP contribution < -0.4 is 5.43 Å². The number of aromatic nitrogens is 1. The summed E-state index contributed by atoms with van der Waals surface area (Å²) < 4.78 is 2.13. The lowest BCUT2D eigenvalue weighted by atomic mass is 10.1. The molecule has 0 aliphatic heterocycles. The first-order valence-electron chi connectivity index (χ1n) is 8.43. The third kappa shape index (κ3) is 2.64. The number of rotatable bonds is 4. The maximum atomic E-state index is 11.3. The van der Waals surface area contributed by atoms with E-state index in [1.165, 1.54) is 25.7 Å². The van der Waals surface area contributed by atoms with Crippen molar-refractivity contribution in [2.45, 2.75) is 31.7 Å². The summed E-state index contributed by atoms with van der Waals surface area (Å²) in [5.41, 5.74) is 7.18. The van der Waals surface area contributed by atoms with Gasteiger partial charge in [0.15, 0.2) is 0 Å². The van der Waals surface area contributed by atoms with Crippen LogP contribution in [0.1, 0.15) is 36.0 Å². The summed E-state index contributed by atoms with van der Waals surface area (Å²) in [6.45, 7) is 0. The summed E-state index contributed by atoms with van der Waals surface area (Å²) in [6.07, 6.45) is 4.89. The number of hydrogen-bond acceptors (Lipinski definition) is 2. The number of benzene rings is 2. The van der Waals surface area contributed by atoms with E-state index in [0.717, 1.165) is 22.2 Å². The van der Waals surface area contributed by atoms with Gasteiger partial charge in [-0.3, -0.25) is 4.68 Å².